The van der Waals surface area contributed by atoms with Crippen LogP contribution in [0.25, 0.3) is 22.0 Å². The van der Waals surface area contributed by atoms with Gasteiger partial charge in [-0.3, -0.25) is 9.78 Å². The highest BCUT2D eigenvalue weighted by Crippen LogP contribution is 2.32. The first-order valence-corrected chi connectivity index (χ1v) is 9.73. The number of hydrogen-bond acceptors (Lipinski definition) is 4. The fourth-order valence-corrected chi connectivity index (χ4v) is 3.43. The number of phenols is 1. The molecule has 28 heavy (non-hydrogen) atoms. The van der Waals surface area contributed by atoms with Gasteiger partial charge < -0.3 is 15.3 Å². The van der Waals surface area contributed by atoms with E-state index in [1.54, 1.807) is 18.3 Å². The molecule has 2 aromatic carbocycles. The quantitative estimate of drug-likeness (QED) is 0.653. The van der Waals surface area contributed by atoms with Crippen molar-refractivity contribution in [2.75, 3.05) is 26.2 Å². The maximum Gasteiger partial charge on any atom is 0.253 e. The van der Waals surface area contributed by atoms with Crippen molar-refractivity contribution in [1.82, 2.24) is 15.2 Å². The van der Waals surface area contributed by atoms with Gasteiger partial charge in [-0.15, -0.1) is 0 Å². The molecule has 0 bridgehead atoms. The van der Waals surface area contributed by atoms with Crippen molar-refractivity contribution in [1.29, 1.82) is 0 Å². The lowest BCUT2D eigenvalue weighted by molar-refractivity contribution is 0.0950. The lowest BCUT2D eigenvalue weighted by Crippen LogP contribution is -2.34. The number of amides is 1. The minimum Gasteiger partial charge on any atom is -0.508 e. The SMILES string of the molecule is CCN(CC)CCNC(=O)c1cnc(-c2ccccc2C)c2ccc(O)cc12. The summed E-state index contributed by atoms with van der Waals surface area (Å²) in [6.45, 7) is 9.53. The molecule has 2 N–H and O–H groups in total. The summed E-state index contributed by atoms with van der Waals surface area (Å²) in [4.78, 5) is 19.7. The molecule has 0 aliphatic carbocycles. The van der Waals surface area contributed by atoms with Crippen molar-refractivity contribution >= 4 is 16.7 Å². The normalized spacial score (nSPS) is 11.1. The van der Waals surface area contributed by atoms with E-state index in [2.05, 4.69) is 29.0 Å². The number of carbonyl (C=O) groups is 1. The Morgan fingerprint density at radius 2 is 1.86 bits per heavy atom. The minimum absolute atomic E-state index is 0.131. The molecule has 0 aliphatic heterocycles. The molecule has 5 nitrogen and oxygen atoms in total. The van der Waals surface area contributed by atoms with Crippen LogP contribution >= 0.6 is 0 Å². The Morgan fingerprint density at radius 3 is 2.57 bits per heavy atom. The summed E-state index contributed by atoms with van der Waals surface area (Å²) in [7, 11) is 0. The van der Waals surface area contributed by atoms with Crippen LogP contribution < -0.4 is 5.32 Å². The van der Waals surface area contributed by atoms with E-state index in [1.165, 1.54) is 0 Å². The summed E-state index contributed by atoms with van der Waals surface area (Å²) >= 11 is 0. The Hall–Kier alpha value is -2.92. The molecule has 0 atom stereocenters. The number of aryl methyl sites for hydroxylation is 1. The molecular formula is C23H27N3O2. The Labute approximate surface area is 166 Å². The third-order valence-electron chi connectivity index (χ3n) is 5.12. The smallest absolute Gasteiger partial charge is 0.253 e. The summed E-state index contributed by atoms with van der Waals surface area (Å²) in [6, 6.07) is 13.1. The van der Waals surface area contributed by atoms with Crippen LogP contribution in [-0.2, 0) is 0 Å². The van der Waals surface area contributed by atoms with E-state index >= 15 is 0 Å². The van der Waals surface area contributed by atoms with Crippen LogP contribution in [0.4, 0.5) is 0 Å². The molecule has 1 aromatic heterocycles. The molecule has 1 heterocycles. The highest BCUT2D eigenvalue weighted by molar-refractivity contribution is 6.10. The fraction of sp³-hybridized carbons (Fsp3) is 0.304. The molecule has 1 amide bonds. The minimum atomic E-state index is -0.174. The number of phenolic OH excluding ortho intramolecular Hbond substituents is 1. The van der Waals surface area contributed by atoms with E-state index in [4.69, 9.17) is 0 Å². The van der Waals surface area contributed by atoms with Gasteiger partial charge in [-0.05, 0) is 43.8 Å². The lowest BCUT2D eigenvalue weighted by atomic mass is 9.97. The topological polar surface area (TPSA) is 65.5 Å². The number of carbonyl (C=O) groups excluding carboxylic acids is 1. The van der Waals surface area contributed by atoms with Crippen molar-refractivity contribution in [3.8, 4) is 17.0 Å². The summed E-state index contributed by atoms with van der Waals surface area (Å²) in [5.41, 5.74) is 3.42. The second kappa shape index (κ2) is 8.85. The van der Waals surface area contributed by atoms with Crippen LogP contribution in [0.15, 0.2) is 48.7 Å². The number of rotatable bonds is 7. The first kappa shape index (κ1) is 19.8. The van der Waals surface area contributed by atoms with Gasteiger partial charge in [-0.1, -0.05) is 38.1 Å². The molecule has 0 saturated heterocycles. The van der Waals surface area contributed by atoms with Gasteiger partial charge in [0.15, 0.2) is 0 Å². The van der Waals surface area contributed by atoms with E-state index in [0.717, 1.165) is 41.8 Å². The molecule has 0 radical (unpaired) electrons. The molecular weight excluding hydrogens is 350 g/mol. The molecule has 3 rings (SSSR count). The van der Waals surface area contributed by atoms with Crippen LogP contribution in [0.5, 0.6) is 5.75 Å². The first-order valence-electron chi connectivity index (χ1n) is 9.73. The number of hydrogen-bond donors (Lipinski definition) is 2. The predicted octanol–water partition coefficient (Wildman–Crippen LogP) is 3.99. The molecule has 0 aliphatic rings. The molecule has 0 fully saturated rings. The number of aromatic nitrogens is 1. The van der Waals surface area contributed by atoms with Gasteiger partial charge in [0.2, 0.25) is 0 Å². The van der Waals surface area contributed by atoms with E-state index in [1.807, 2.05) is 37.3 Å². The summed E-state index contributed by atoms with van der Waals surface area (Å²) in [6.07, 6.45) is 1.61. The second-order valence-electron chi connectivity index (χ2n) is 6.85. The van der Waals surface area contributed by atoms with Crippen LogP contribution in [0.2, 0.25) is 0 Å². The number of aromatic hydroxyl groups is 1. The van der Waals surface area contributed by atoms with Gasteiger partial charge in [-0.25, -0.2) is 0 Å². The lowest BCUT2D eigenvalue weighted by Gasteiger charge is -2.18. The maximum atomic E-state index is 12.8. The standard InChI is InChI=1S/C23H27N3O2/c1-4-26(5-2)13-12-24-23(28)21-15-25-22(18-9-7-6-8-16(18)3)19-11-10-17(27)14-20(19)21/h6-11,14-15,27H,4-5,12-13H2,1-3H3,(H,24,28). The van der Waals surface area contributed by atoms with Gasteiger partial charge in [-0.2, -0.15) is 0 Å². The molecule has 0 saturated carbocycles. The molecule has 3 aromatic rings. The third-order valence-corrected chi connectivity index (χ3v) is 5.12. The summed E-state index contributed by atoms with van der Waals surface area (Å²) in [5.74, 6) is -0.0433. The van der Waals surface area contributed by atoms with Crippen molar-refractivity contribution in [3.63, 3.8) is 0 Å². The number of likely N-dealkylation sites (N-methyl/N-ethyl adjacent to an activating group) is 1. The summed E-state index contributed by atoms with van der Waals surface area (Å²) < 4.78 is 0. The Kier molecular flexibility index (Phi) is 6.26. The molecule has 0 unspecified atom stereocenters. The van der Waals surface area contributed by atoms with E-state index in [9.17, 15) is 9.90 Å². The molecule has 5 heteroatoms. The Morgan fingerprint density at radius 1 is 1.11 bits per heavy atom. The third kappa shape index (κ3) is 4.15. The van der Waals surface area contributed by atoms with E-state index < -0.39 is 0 Å². The highest BCUT2D eigenvalue weighted by Gasteiger charge is 2.16. The van der Waals surface area contributed by atoms with Gasteiger partial charge in [0, 0.05) is 35.6 Å². The fourth-order valence-electron chi connectivity index (χ4n) is 3.43. The highest BCUT2D eigenvalue weighted by atomic mass is 16.3. The van der Waals surface area contributed by atoms with E-state index in [-0.39, 0.29) is 11.7 Å². The second-order valence-corrected chi connectivity index (χ2v) is 6.85. The van der Waals surface area contributed by atoms with Crippen molar-refractivity contribution in [2.24, 2.45) is 0 Å². The largest absolute Gasteiger partial charge is 0.508 e. The summed E-state index contributed by atoms with van der Waals surface area (Å²) in [5, 5.41) is 14.5. The Balaban J connectivity index is 1.96. The molecule has 146 valence electrons. The van der Waals surface area contributed by atoms with Gasteiger partial charge in [0.1, 0.15) is 5.75 Å². The molecule has 0 spiro atoms. The van der Waals surface area contributed by atoms with Crippen molar-refractivity contribution in [2.45, 2.75) is 20.8 Å². The monoisotopic (exact) mass is 377 g/mol. The van der Waals surface area contributed by atoms with Crippen LogP contribution in [0, 0.1) is 6.92 Å². The van der Waals surface area contributed by atoms with E-state index in [0.29, 0.717) is 17.5 Å². The maximum absolute atomic E-state index is 12.8. The zero-order valence-corrected chi connectivity index (χ0v) is 16.7. The predicted molar refractivity (Wildman–Crippen MR) is 114 cm³/mol. The number of benzene rings is 2. The Bertz CT molecular complexity index is 981. The van der Waals surface area contributed by atoms with Crippen molar-refractivity contribution in [3.05, 3.63) is 59.8 Å². The number of fused-ring (bicyclic) bond motifs is 1. The van der Waals surface area contributed by atoms with Gasteiger partial charge >= 0.3 is 0 Å². The van der Waals surface area contributed by atoms with Gasteiger partial charge in [0.05, 0.1) is 11.3 Å². The van der Waals surface area contributed by atoms with Crippen molar-refractivity contribution < 1.29 is 9.90 Å². The van der Waals surface area contributed by atoms with Crippen LogP contribution in [0.1, 0.15) is 29.8 Å². The van der Waals surface area contributed by atoms with Crippen LogP contribution in [-0.4, -0.2) is 47.1 Å². The zero-order chi connectivity index (χ0) is 20.1. The number of pyridine rings is 1. The first-order chi connectivity index (χ1) is 13.5. The zero-order valence-electron chi connectivity index (χ0n) is 16.7. The van der Waals surface area contributed by atoms with Gasteiger partial charge in [0.25, 0.3) is 5.91 Å². The number of nitrogens with one attached hydrogen (secondary N) is 1. The van der Waals surface area contributed by atoms with Crippen LogP contribution in [0.3, 0.4) is 0 Å². The average molecular weight is 377 g/mol. The number of nitrogens with zero attached hydrogens (tertiary/aromatic N) is 2. The average Bonchev–Trinajstić information content (AvgIpc) is 2.70.